The van der Waals surface area contributed by atoms with Crippen LogP contribution in [0, 0.1) is 5.92 Å². The van der Waals surface area contributed by atoms with Crippen LogP contribution in [0.15, 0.2) is 30.3 Å². The molecule has 0 atom stereocenters. The van der Waals surface area contributed by atoms with Crippen molar-refractivity contribution in [2.75, 3.05) is 13.2 Å². The van der Waals surface area contributed by atoms with Crippen molar-refractivity contribution in [2.45, 2.75) is 0 Å². The van der Waals surface area contributed by atoms with Crippen LogP contribution < -0.4 is 0 Å². The third-order valence-corrected chi connectivity index (χ3v) is 1.73. The highest BCUT2D eigenvalue weighted by Crippen LogP contribution is 2.21. The van der Waals surface area contributed by atoms with E-state index < -0.39 is 0 Å². The van der Waals surface area contributed by atoms with Crippen molar-refractivity contribution in [3.63, 3.8) is 0 Å². The zero-order valence-corrected chi connectivity index (χ0v) is 5.71. The summed E-state index contributed by atoms with van der Waals surface area (Å²) in [6.45, 7) is 1.65. The first-order valence-electron chi connectivity index (χ1n) is 3.45. The summed E-state index contributed by atoms with van der Waals surface area (Å²) in [6, 6.07) is 10.4. The summed E-state index contributed by atoms with van der Waals surface area (Å²) < 4.78 is 5.05. The van der Waals surface area contributed by atoms with Crippen LogP contribution in [-0.4, -0.2) is 13.2 Å². The molecule has 2 rings (SSSR count). The fraction of sp³-hybridized carbons (Fsp3) is 0.222. The van der Waals surface area contributed by atoms with Gasteiger partial charge in [-0.1, -0.05) is 30.3 Å². The topological polar surface area (TPSA) is 9.23 Å². The van der Waals surface area contributed by atoms with E-state index in [2.05, 4.69) is 24.3 Å². The number of rotatable bonds is 1. The van der Waals surface area contributed by atoms with Crippen LogP contribution in [-0.2, 0) is 4.74 Å². The molecular weight excluding hydrogens is 124 g/mol. The van der Waals surface area contributed by atoms with E-state index in [-0.39, 0.29) is 0 Å². The first kappa shape index (κ1) is 5.93. The SMILES string of the molecule is c1ccc([C]2COC2)cc1. The summed E-state index contributed by atoms with van der Waals surface area (Å²) >= 11 is 0. The van der Waals surface area contributed by atoms with Gasteiger partial charge in [0.1, 0.15) is 0 Å². The molecule has 1 aliphatic heterocycles. The molecule has 0 aliphatic carbocycles. The fourth-order valence-electron chi connectivity index (χ4n) is 1.04. The average molecular weight is 133 g/mol. The molecular formula is C9H9O. The molecule has 1 heterocycles. The molecule has 0 aromatic heterocycles. The Morgan fingerprint density at radius 2 is 1.70 bits per heavy atom. The summed E-state index contributed by atoms with van der Waals surface area (Å²) in [5.74, 6) is 1.42. The second-order valence-corrected chi connectivity index (χ2v) is 2.46. The van der Waals surface area contributed by atoms with Gasteiger partial charge < -0.3 is 4.74 Å². The molecule has 1 aromatic rings. The third kappa shape index (κ3) is 0.929. The maximum absolute atomic E-state index is 5.05. The summed E-state index contributed by atoms with van der Waals surface area (Å²) in [7, 11) is 0. The number of benzene rings is 1. The Morgan fingerprint density at radius 1 is 1.00 bits per heavy atom. The normalized spacial score (nSPS) is 18.4. The molecule has 10 heavy (non-hydrogen) atoms. The Hall–Kier alpha value is -0.820. The lowest BCUT2D eigenvalue weighted by Crippen LogP contribution is -2.25. The molecule has 1 heteroatoms. The highest BCUT2D eigenvalue weighted by Gasteiger charge is 2.20. The molecule has 0 bridgehead atoms. The second kappa shape index (κ2) is 2.43. The first-order chi connectivity index (χ1) is 4.97. The zero-order valence-electron chi connectivity index (χ0n) is 5.71. The quantitative estimate of drug-likeness (QED) is 0.566. The van der Waals surface area contributed by atoms with Gasteiger partial charge in [-0.15, -0.1) is 0 Å². The van der Waals surface area contributed by atoms with Gasteiger partial charge in [-0.2, -0.15) is 0 Å². The molecule has 1 aliphatic rings. The van der Waals surface area contributed by atoms with Crippen molar-refractivity contribution in [3.05, 3.63) is 41.8 Å². The van der Waals surface area contributed by atoms with Crippen LogP contribution in [0.5, 0.6) is 0 Å². The van der Waals surface area contributed by atoms with E-state index in [0.29, 0.717) is 0 Å². The van der Waals surface area contributed by atoms with Crippen LogP contribution in [0.25, 0.3) is 0 Å². The molecule has 1 fully saturated rings. The smallest absolute Gasteiger partial charge is 0.0596 e. The number of hydrogen-bond donors (Lipinski definition) is 0. The van der Waals surface area contributed by atoms with E-state index in [9.17, 15) is 0 Å². The standard InChI is InChI=1S/C9H9O/c1-2-4-8(5-3-1)9-6-10-7-9/h1-5H,6-7H2. The molecule has 51 valence electrons. The Balaban J connectivity index is 2.18. The minimum Gasteiger partial charge on any atom is -0.379 e. The molecule has 0 spiro atoms. The summed E-state index contributed by atoms with van der Waals surface area (Å²) in [5.41, 5.74) is 1.33. The molecule has 1 saturated heterocycles. The Bertz CT molecular complexity index is 201. The Kier molecular flexibility index (Phi) is 1.44. The molecule has 0 N–H and O–H groups in total. The monoisotopic (exact) mass is 133 g/mol. The highest BCUT2D eigenvalue weighted by atomic mass is 16.5. The summed E-state index contributed by atoms with van der Waals surface area (Å²) in [6.07, 6.45) is 0. The van der Waals surface area contributed by atoms with Crippen molar-refractivity contribution >= 4 is 0 Å². The molecule has 1 radical (unpaired) electrons. The average Bonchev–Trinajstić information content (AvgIpc) is 1.86. The number of hydrogen-bond acceptors (Lipinski definition) is 1. The molecule has 0 unspecified atom stereocenters. The second-order valence-electron chi connectivity index (χ2n) is 2.46. The van der Waals surface area contributed by atoms with Gasteiger partial charge in [0, 0.05) is 0 Å². The van der Waals surface area contributed by atoms with Gasteiger partial charge in [-0.25, -0.2) is 0 Å². The van der Waals surface area contributed by atoms with Crippen molar-refractivity contribution in [1.29, 1.82) is 0 Å². The van der Waals surface area contributed by atoms with E-state index in [1.807, 2.05) is 6.07 Å². The molecule has 0 amide bonds. The summed E-state index contributed by atoms with van der Waals surface area (Å²) in [5, 5.41) is 0. The van der Waals surface area contributed by atoms with E-state index in [0.717, 1.165) is 13.2 Å². The third-order valence-electron chi connectivity index (χ3n) is 1.73. The maximum atomic E-state index is 5.05. The minimum absolute atomic E-state index is 0.823. The fourth-order valence-corrected chi connectivity index (χ4v) is 1.04. The van der Waals surface area contributed by atoms with E-state index in [1.165, 1.54) is 11.5 Å². The van der Waals surface area contributed by atoms with Gasteiger partial charge in [0.15, 0.2) is 0 Å². The van der Waals surface area contributed by atoms with Crippen LogP contribution in [0.4, 0.5) is 0 Å². The lowest BCUT2D eigenvalue weighted by atomic mass is 9.98. The lowest BCUT2D eigenvalue weighted by Gasteiger charge is -2.25. The summed E-state index contributed by atoms with van der Waals surface area (Å²) in [4.78, 5) is 0. The van der Waals surface area contributed by atoms with Crippen LogP contribution >= 0.6 is 0 Å². The predicted molar refractivity (Wildman–Crippen MR) is 39.6 cm³/mol. The van der Waals surface area contributed by atoms with Crippen LogP contribution in [0.1, 0.15) is 5.56 Å². The van der Waals surface area contributed by atoms with Gasteiger partial charge in [0.05, 0.1) is 19.1 Å². The van der Waals surface area contributed by atoms with Gasteiger partial charge >= 0.3 is 0 Å². The van der Waals surface area contributed by atoms with Gasteiger partial charge in [0.25, 0.3) is 0 Å². The van der Waals surface area contributed by atoms with Crippen LogP contribution in [0.2, 0.25) is 0 Å². The predicted octanol–water partition coefficient (Wildman–Crippen LogP) is 1.64. The van der Waals surface area contributed by atoms with Gasteiger partial charge in [-0.05, 0) is 5.56 Å². The van der Waals surface area contributed by atoms with Crippen molar-refractivity contribution < 1.29 is 4.74 Å². The van der Waals surface area contributed by atoms with Crippen LogP contribution in [0.3, 0.4) is 0 Å². The van der Waals surface area contributed by atoms with Gasteiger partial charge in [0.2, 0.25) is 0 Å². The lowest BCUT2D eigenvalue weighted by molar-refractivity contribution is 0.0733. The van der Waals surface area contributed by atoms with Crippen molar-refractivity contribution in [3.8, 4) is 0 Å². The van der Waals surface area contributed by atoms with Gasteiger partial charge in [-0.3, -0.25) is 0 Å². The largest absolute Gasteiger partial charge is 0.379 e. The first-order valence-corrected chi connectivity index (χ1v) is 3.45. The Morgan fingerprint density at radius 3 is 2.20 bits per heavy atom. The zero-order chi connectivity index (χ0) is 6.81. The van der Waals surface area contributed by atoms with Crippen molar-refractivity contribution in [1.82, 2.24) is 0 Å². The minimum atomic E-state index is 0.823. The highest BCUT2D eigenvalue weighted by molar-refractivity contribution is 5.32. The van der Waals surface area contributed by atoms with Crippen molar-refractivity contribution in [2.24, 2.45) is 0 Å². The number of ether oxygens (including phenoxy) is 1. The van der Waals surface area contributed by atoms with E-state index in [1.54, 1.807) is 0 Å². The molecule has 1 aromatic carbocycles. The van der Waals surface area contributed by atoms with E-state index in [4.69, 9.17) is 4.74 Å². The molecule has 1 nitrogen and oxygen atoms in total. The maximum Gasteiger partial charge on any atom is 0.0596 e. The Labute approximate surface area is 60.6 Å². The molecule has 0 saturated carbocycles. The van der Waals surface area contributed by atoms with E-state index >= 15 is 0 Å².